The maximum atomic E-state index is 12.3. The van der Waals surface area contributed by atoms with Gasteiger partial charge in [0.2, 0.25) is 0 Å². The van der Waals surface area contributed by atoms with Crippen LogP contribution in [0.4, 0.5) is 13.2 Å². The Morgan fingerprint density at radius 1 is 1.16 bits per heavy atom. The second-order valence-corrected chi connectivity index (χ2v) is 5.95. The van der Waals surface area contributed by atoms with Crippen LogP contribution in [-0.4, -0.2) is 25.2 Å². The molecule has 0 unspecified atom stereocenters. The Morgan fingerprint density at radius 2 is 1.68 bits per heavy atom. The molecular weight excluding hydrogens is 285 g/mol. The predicted molar refractivity (Wildman–Crippen MR) is 60.4 cm³/mol. The van der Waals surface area contributed by atoms with E-state index in [4.69, 9.17) is 5.11 Å². The number of carbonyl (C=O) groups is 1. The largest absolute Gasteiger partial charge is 0.481 e. The maximum Gasteiger partial charge on any atom is 0.416 e. The zero-order valence-corrected chi connectivity index (χ0v) is 10.5. The molecule has 0 atom stereocenters. The topological polar surface area (TPSA) is 71.4 Å². The number of rotatable bonds is 5. The molecule has 1 aromatic carbocycles. The lowest BCUT2D eigenvalue weighted by Crippen LogP contribution is -2.10. The molecule has 0 aromatic heterocycles. The van der Waals surface area contributed by atoms with Gasteiger partial charge in [0.25, 0.3) is 0 Å². The lowest BCUT2D eigenvalue weighted by molar-refractivity contribution is -0.138. The molecule has 0 aliphatic heterocycles. The SMILES string of the molecule is O=C(O)CCCS(=O)(=O)c1ccc(C(F)(F)F)cc1. The minimum absolute atomic E-state index is 0.0846. The summed E-state index contributed by atoms with van der Waals surface area (Å²) in [7, 11) is -3.75. The van der Waals surface area contributed by atoms with Crippen LogP contribution in [0.2, 0.25) is 0 Å². The van der Waals surface area contributed by atoms with Crippen LogP contribution in [-0.2, 0) is 20.8 Å². The smallest absolute Gasteiger partial charge is 0.416 e. The molecule has 19 heavy (non-hydrogen) atoms. The fourth-order valence-electron chi connectivity index (χ4n) is 1.38. The molecule has 4 nitrogen and oxygen atoms in total. The van der Waals surface area contributed by atoms with E-state index < -0.39 is 33.3 Å². The van der Waals surface area contributed by atoms with Crippen LogP contribution in [0, 0.1) is 0 Å². The van der Waals surface area contributed by atoms with Crippen molar-refractivity contribution in [2.45, 2.75) is 23.9 Å². The molecule has 0 saturated carbocycles. The molecule has 0 bridgehead atoms. The highest BCUT2D eigenvalue weighted by Crippen LogP contribution is 2.29. The van der Waals surface area contributed by atoms with Gasteiger partial charge >= 0.3 is 12.1 Å². The van der Waals surface area contributed by atoms with Crippen molar-refractivity contribution in [2.75, 3.05) is 5.75 Å². The molecule has 1 N–H and O–H groups in total. The van der Waals surface area contributed by atoms with E-state index in [0.717, 1.165) is 12.1 Å². The fraction of sp³-hybridized carbons (Fsp3) is 0.364. The van der Waals surface area contributed by atoms with Crippen LogP contribution >= 0.6 is 0 Å². The van der Waals surface area contributed by atoms with E-state index in [0.29, 0.717) is 12.1 Å². The van der Waals surface area contributed by atoms with Gasteiger partial charge in [-0.25, -0.2) is 8.42 Å². The first-order valence-electron chi connectivity index (χ1n) is 5.25. The summed E-state index contributed by atoms with van der Waals surface area (Å²) < 4.78 is 60.3. The van der Waals surface area contributed by atoms with Gasteiger partial charge in [0, 0.05) is 6.42 Å². The first-order valence-corrected chi connectivity index (χ1v) is 6.90. The summed E-state index contributed by atoms with van der Waals surface area (Å²) in [6.45, 7) is 0. The van der Waals surface area contributed by atoms with Crippen LogP contribution in [0.5, 0.6) is 0 Å². The average molecular weight is 296 g/mol. The fourth-order valence-corrected chi connectivity index (χ4v) is 2.69. The maximum absolute atomic E-state index is 12.3. The summed E-state index contributed by atoms with van der Waals surface area (Å²) >= 11 is 0. The van der Waals surface area contributed by atoms with Crippen LogP contribution in [0.1, 0.15) is 18.4 Å². The van der Waals surface area contributed by atoms with Gasteiger partial charge in [0.05, 0.1) is 16.2 Å². The van der Waals surface area contributed by atoms with Crippen molar-refractivity contribution >= 4 is 15.8 Å². The van der Waals surface area contributed by atoms with Crippen molar-refractivity contribution in [1.82, 2.24) is 0 Å². The molecule has 0 aliphatic rings. The Labute approximate surface area is 107 Å². The van der Waals surface area contributed by atoms with E-state index in [1.54, 1.807) is 0 Å². The van der Waals surface area contributed by atoms with E-state index in [1.165, 1.54) is 0 Å². The summed E-state index contributed by atoms with van der Waals surface area (Å²) in [4.78, 5) is 10.0. The average Bonchev–Trinajstić information content (AvgIpc) is 2.27. The third-order valence-corrected chi connectivity index (χ3v) is 4.16. The van der Waals surface area contributed by atoms with Gasteiger partial charge in [-0.1, -0.05) is 0 Å². The van der Waals surface area contributed by atoms with Crippen molar-refractivity contribution < 1.29 is 31.5 Å². The summed E-state index contributed by atoms with van der Waals surface area (Å²) in [5, 5.41) is 8.39. The molecule has 1 rings (SSSR count). The first-order chi connectivity index (χ1) is 8.63. The number of hydrogen-bond donors (Lipinski definition) is 1. The van der Waals surface area contributed by atoms with Gasteiger partial charge in [-0.3, -0.25) is 4.79 Å². The number of aliphatic carboxylic acids is 1. The molecule has 0 amide bonds. The van der Waals surface area contributed by atoms with Crippen LogP contribution < -0.4 is 0 Å². The Hall–Kier alpha value is -1.57. The molecule has 0 aliphatic carbocycles. The van der Waals surface area contributed by atoms with Crippen LogP contribution in [0.3, 0.4) is 0 Å². The molecule has 1 aromatic rings. The summed E-state index contributed by atoms with van der Waals surface area (Å²) in [5.41, 5.74) is -0.933. The molecule has 106 valence electrons. The predicted octanol–water partition coefficient (Wildman–Crippen LogP) is 2.34. The van der Waals surface area contributed by atoms with Crippen molar-refractivity contribution in [3.8, 4) is 0 Å². The van der Waals surface area contributed by atoms with Gasteiger partial charge in [0.15, 0.2) is 9.84 Å². The molecule has 0 radical (unpaired) electrons. The Kier molecular flexibility index (Phi) is 4.56. The molecule has 0 spiro atoms. The second-order valence-electron chi connectivity index (χ2n) is 3.84. The third-order valence-electron chi connectivity index (χ3n) is 2.34. The molecule has 0 heterocycles. The summed E-state index contributed by atoms with van der Waals surface area (Å²) in [6.07, 6.45) is -4.91. The number of sulfone groups is 1. The second kappa shape index (κ2) is 5.60. The number of benzene rings is 1. The lowest BCUT2D eigenvalue weighted by Gasteiger charge is -2.08. The first kappa shape index (κ1) is 15.5. The van der Waals surface area contributed by atoms with Crippen molar-refractivity contribution in [2.24, 2.45) is 0 Å². The normalized spacial score (nSPS) is 12.4. The highest BCUT2D eigenvalue weighted by Gasteiger charge is 2.30. The quantitative estimate of drug-likeness (QED) is 0.905. The Balaban J connectivity index is 2.82. The standard InChI is InChI=1S/C11H11F3O4S/c12-11(13,14)8-3-5-9(6-4-8)19(17,18)7-1-2-10(15)16/h3-6H,1-2,7H2,(H,15,16). The molecule has 8 heteroatoms. The van der Waals surface area contributed by atoms with E-state index >= 15 is 0 Å². The Morgan fingerprint density at radius 3 is 2.11 bits per heavy atom. The number of halogens is 3. The molecule has 0 fully saturated rings. The zero-order valence-electron chi connectivity index (χ0n) is 9.64. The van der Waals surface area contributed by atoms with Gasteiger partial charge in [0.1, 0.15) is 0 Å². The van der Waals surface area contributed by atoms with Crippen LogP contribution in [0.15, 0.2) is 29.2 Å². The van der Waals surface area contributed by atoms with E-state index in [9.17, 15) is 26.4 Å². The summed E-state index contributed by atoms with van der Waals surface area (Å²) in [6, 6.07) is 3.12. The van der Waals surface area contributed by atoms with Crippen LogP contribution in [0.25, 0.3) is 0 Å². The monoisotopic (exact) mass is 296 g/mol. The molecule has 0 saturated heterocycles. The molecular formula is C11H11F3O4S. The van der Waals surface area contributed by atoms with Gasteiger partial charge in [-0.05, 0) is 30.7 Å². The summed E-state index contributed by atoms with van der Waals surface area (Å²) in [5.74, 6) is -1.53. The highest BCUT2D eigenvalue weighted by molar-refractivity contribution is 7.91. The van der Waals surface area contributed by atoms with E-state index in [1.807, 2.05) is 0 Å². The van der Waals surface area contributed by atoms with Crippen molar-refractivity contribution in [3.05, 3.63) is 29.8 Å². The minimum Gasteiger partial charge on any atom is -0.481 e. The zero-order chi connectivity index (χ0) is 14.7. The number of carboxylic acid groups (broad SMARTS) is 1. The number of alkyl halides is 3. The lowest BCUT2D eigenvalue weighted by atomic mass is 10.2. The van der Waals surface area contributed by atoms with Crippen molar-refractivity contribution in [1.29, 1.82) is 0 Å². The Bertz CT molecular complexity index is 546. The number of hydrogen-bond acceptors (Lipinski definition) is 3. The number of carboxylic acids is 1. The van der Waals surface area contributed by atoms with Gasteiger partial charge < -0.3 is 5.11 Å². The minimum atomic E-state index is -4.52. The van der Waals surface area contributed by atoms with Gasteiger partial charge in [-0.15, -0.1) is 0 Å². The highest BCUT2D eigenvalue weighted by atomic mass is 32.2. The van der Waals surface area contributed by atoms with E-state index in [2.05, 4.69) is 0 Å². The van der Waals surface area contributed by atoms with Gasteiger partial charge in [-0.2, -0.15) is 13.2 Å². The third kappa shape index (κ3) is 4.55. The van der Waals surface area contributed by atoms with Crippen molar-refractivity contribution in [3.63, 3.8) is 0 Å². The van der Waals surface area contributed by atoms with E-state index in [-0.39, 0.29) is 17.7 Å².